The largest absolute Gasteiger partial charge is 0.0616 e. The molecule has 0 saturated carbocycles. The molecule has 0 heteroatoms. The van der Waals surface area contributed by atoms with Gasteiger partial charge in [-0.15, -0.1) is 0 Å². The highest BCUT2D eigenvalue weighted by molar-refractivity contribution is 5.89. The van der Waals surface area contributed by atoms with Crippen molar-refractivity contribution in [2.75, 3.05) is 0 Å². The Morgan fingerprint density at radius 1 is 0.667 bits per heavy atom. The Balaban J connectivity index is 2.26. The first-order valence-electron chi connectivity index (χ1n) is 6.30. The van der Waals surface area contributed by atoms with Gasteiger partial charge >= 0.3 is 0 Å². The highest BCUT2D eigenvalue weighted by Gasteiger charge is 2.04. The van der Waals surface area contributed by atoms with Crippen molar-refractivity contribution in [3.63, 3.8) is 0 Å². The number of benzene rings is 3. The van der Waals surface area contributed by atoms with Gasteiger partial charge in [0.2, 0.25) is 0 Å². The smallest absolute Gasteiger partial charge is 0.0148 e. The van der Waals surface area contributed by atoms with Crippen LogP contribution >= 0.6 is 0 Å². The number of fused-ring (bicyclic) bond motifs is 1. The van der Waals surface area contributed by atoms with E-state index in [1.807, 2.05) is 0 Å². The standard InChI is InChI=1S/C18H16/c1-13-6-5-9-17(10-13)18-12-16-8-4-3-7-15(16)11-14(18)2/h3-12H,1-2H3. The first-order valence-corrected chi connectivity index (χ1v) is 6.30. The maximum absolute atomic E-state index is 2.29. The highest BCUT2D eigenvalue weighted by Crippen LogP contribution is 2.28. The van der Waals surface area contributed by atoms with Gasteiger partial charge in [-0.25, -0.2) is 0 Å². The second kappa shape index (κ2) is 4.30. The van der Waals surface area contributed by atoms with Gasteiger partial charge in [0.25, 0.3) is 0 Å². The summed E-state index contributed by atoms with van der Waals surface area (Å²) in [6.07, 6.45) is 0. The lowest BCUT2D eigenvalue weighted by Crippen LogP contribution is -1.85. The number of hydrogen-bond acceptors (Lipinski definition) is 0. The van der Waals surface area contributed by atoms with Crippen LogP contribution in [0.3, 0.4) is 0 Å². The van der Waals surface area contributed by atoms with Crippen molar-refractivity contribution < 1.29 is 0 Å². The maximum Gasteiger partial charge on any atom is -0.0148 e. The fraction of sp³-hybridized carbons (Fsp3) is 0.111. The fourth-order valence-corrected chi connectivity index (χ4v) is 2.48. The van der Waals surface area contributed by atoms with E-state index in [0.717, 1.165) is 0 Å². The molecule has 3 aromatic carbocycles. The molecule has 0 atom stereocenters. The summed E-state index contributed by atoms with van der Waals surface area (Å²) in [6.45, 7) is 4.32. The van der Waals surface area contributed by atoms with Crippen LogP contribution in [0.5, 0.6) is 0 Å². The Hall–Kier alpha value is -2.08. The Bertz CT molecular complexity index is 708. The van der Waals surface area contributed by atoms with Gasteiger partial charge in [-0.1, -0.05) is 60.2 Å². The zero-order chi connectivity index (χ0) is 12.5. The van der Waals surface area contributed by atoms with E-state index in [1.54, 1.807) is 0 Å². The molecule has 0 radical (unpaired) electrons. The summed E-state index contributed by atoms with van der Waals surface area (Å²) in [5.41, 5.74) is 5.27. The summed E-state index contributed by atoms with van der Waals surface area (Å²) in [6, 6.07) is 21.8. The number of rotatable bonds is 1. The van der Waals surface area contributed by atoms with E-state index >= 15 is 0 Å². The molecule has 0 aliphatic rings. The summed E-state index contributed by atoms with van der Waals surface area (Å²) in [4.78, 5) is 0. The topological polar surface area (TPSA) is 0 Å². The molecule has 88 valence electrons. The molecule has 0 fully saturated rings. The lowest BCUT2D eigenvalue weighted by Gasteiger charge is -2.09. The van der Waals surface area contributed by atoms with E-state index in [-0.39, 0.29) is 0 Å². The van der Waals surface area contributed by atoms with E-state index < -0.39 is 0 Å². The summed E-state index contributed by atoms with van der Waals surface area (Å²) in [7, 11) is 0. The molecule has 0 heterocycles. The molecule has 0 aromatic heterocycles. The maximum atomic E-state index is 2.29. The van der Waals surface area contributed by atoms with Gasteiger partial charge in [0.1, 0.15) is 0 Å². The van der Waals surface area contributed by atoms with E-state index in [0.29, 0.717) is 0 Å². The van der Waals surface area contributed by atoms with Crippen molar-refractivity contribution in [3.05, 3.63) is 71.8 Å². The van der Waals surface area contributed by atoms with Crippen LogP contribution < -0.4 is 0 Å². The molecule has 0 bridgehead atoms. The second-order valence-corrected chi connectivity index (χ2v) is 4.88. The average Bonchev–Trinajstić information content (AvgIpc) is 2.38. The average molecular weight is 232 g/mol. The van der Waals surface area contributed by atoms with Gasteiger partial charge in [0.15, 0.2) is 0 Å². The van der Waals surface area contributed by atoms with Crippen molar-refractivity contribution in [3.8, 4) is 11.1 Å². The van der Waals surface area contributed by atoms with Crippen LogP contribution in [-0.4, -0.2) is 0 Å². The lowest BCUT2D eigenvalue weighted by molar-refractivity contribution is 1.44. The molecule has 3 rings (SSSR count). The summed E-state index contributed by atoms with van der Waals surface area (Å²) >= 11 is 0. The molecule has 0 amide bonds. The van der Waals surface area contributed by atoms with Gasteiger partial charge < -0.3 is 0 Å². The predicted octanol–water partition coefficient (Wildman–Crippen LogP) is 5.12. The van der Waals surface area contributed by atoms with Crippen molar-refractivity contribution in [2.24, 2.45) is 0 Å². The van der Waals surface area contributed by atoms with E-state index in [2.05, 4.69) is 74.5 Å². The molecule has 0 spiro atoms. The Labute approximate surface area is 108 Å². The van der Waals surface area contributed by atoms with E-state index in [4.69, 9.17) is 0 Å². The Morgan fingerprint density at radius 3 is 2.11 bits per heavy atom. The van der Waals surface area contributed by atoms with Crippen LogP contribution in [0.1, 0.15) is 11.1 Å². The third kappa shape index (κ3) is 1.91. The molecule has 0 N–H and O–H groups in total. The Morgan fingerprint density at radius 2 is 1.39 bits per heavy atom. The highest BCUT2D eigenvalue weighted by atomic mass is 14.1. The monoisotopic (exact) mass is 232 g/mol. The molecule has 0 aliphatic heterocycles. The van der Waals surface area contributed by atoms with Gasteiger partial charge in [-0.2, -0.15) is 0 Å². The number of aryl methyl sites for hydroxylation is 2. The molecular formula is C18H16. The SMILES string of the molecule is Cc1cccc(-c2cc3ccccc3cc2C)c1. The molecule has 0 nitrogen and oxygen atoms in total. The van der Waals surface area contributed by atoms with Crippen molar-refractivity contribution in [2.45, 2.75) is 13.8 Å². The summed E-state index contributed by atoms with van der Waals surface area (Å²) < 4.78 is 0. The van der Waals surface area contributed by atoms with Gasteiger partial charge in [0, 0.05) is 0 Å². The minimum absolute atomic E-state index is 1.30. The van der Waals surface area contributed by atoms with Crippen LogP contribution in [0.25, 0.3) is 21.9 Å². The van der Waals surface area contributed by atoms with Crippen LogP contribution in [0.4, 0.5) is 0 Å². The zero-order valence-corrected chi connectivity index (χ0v) is 10.8. The van der Waals surface area contributed by atoms with Gasteiger partial charge in [-0.3, -0.25) is 0 Å². The van der Waals surface area contributed by atoms with E-state index in [1.165, 1.54) is 33.0 Å². The molecule has 0 unspecified atom stereocenters. The minimum atomic E-state index is 1.30. The van der Waals surface area contributed by atoms with Crippen LogP contribution in [0, 0.1) is 13.8 Å². The van der Waals surface area contributed by atoms with Crippen molar-refractivity contribution in [1.82, 2.24) is 0 Å². The predicted molar refractivity (Wildman–Crippen MR) is 78.9 cm³/mol. The molecule has 0 aliphatic carbocycles. The molecule has 0 saturated heterocycles. The molecular weight excluding hydrogens is 216 g/mol. The summed E-state index contributed by atoms with van der Waals surface area (Å²) in [5, 5.41) is 2.62. The van der Waals surface area contributed by atoms with Crippen molar-refractivity contribution >= 4 is 10.8 Å². The first-order chi connectivity index (χ1) is 8.74. The van der Waals surface area contributed by atoms with Crippen LogP contribution in [-0.2, 0) is 0 Å². The molecule has 18 heavy (non-hydrogen) atoms. The quantitative estimate of drug-likeness (QED) is 0.546. The number of hydrogen-bond donors (Lipinski definition) is 0. The first kappa shape index (κ1) is 11.0. The van der Waals surface area contributed by atoms with Crippen molar-refractivity contribution in [1.29, 1.82) is 0 Å². The summed E-state index contributed by atoms with van der Waals surface area (Å²) in [5.74, 6) is 0. The second-order valence-electron chi connectivity index (χ2n) is 4.88. The van der Waals surface area contributed by atoms with Gasteiger partial charge in [-0.05, 0) is 47.4 Å². The third-order valence-corrected chi connectivity index (χ3v) is 3.42. The molecule has 3 aromatic rings. The third-order valence-electron chi connectivity index (χ3n) is 3.42. The lowest BCUT2D eigenvalue weighted by atomic mass is 9.95. The normalized spacial score (nSPS) is 10.8. The van der Waals surface area contributed by atoms with E-state index in [9.17, 15) is 0 Å². The Kier molecular flexibility index (Phi) is 2.64. The fourth-order valence-electron chi connectivity index (χ4n) is 2.48. The van der Waals surface area contributed by atoms with Crippen LogP contribution in [0.2, 0.25) is 0 Å². The minimum Gasteiger partial charge on any atom is -0.0616 e. The zero-order valence-electron chi connectivity index (χ0n) is 10.8. The van der Waals surface area contributed by atoms with Crippen LogP contribution in [0.15, 0.2) is 60.7 Å². The van der Waals surface area contributed by atoms with Gasteiger partial charge in [0.05, 0.1) is 0 Å².